The number of likely N-dealkylation sites (tertiary alicyclic amines) is 1. The van der Waals surface area contributed by atoms with Gasteiger partial charge in [-0.3, -0.25) is 9.69 Å². The second kappa shape index (κ2) is 11.7. The highest BCUT2D eigenvalue weighted by Crippen LogP contribution is 2.55. The Morgan fingerprint density at radius 2 is 1.85 bits per heavy atom. The Hall–Kier alpha value is -4.32. The number of hydrogen-bond acceptors (Lipinski definition) is 6. The Bertz CT molecular complexity index is 1930. The van der Waals surface area contributed by atoms with Gasteiger partial charge in [0.15, 0.2) is 0 Å². The molecule has 11 heteroatoms. The van der Waals surface area contributed by atoms with Crippen LogP contribution in [-0.2, 0) is 11.3 Å². The number of aromatic carboxylic acids is 1. The van der Waals surface area contributed by atoms with Crippen LogP contribution in [-0.4, -0.2) is 66.0 Å². The number of carbonyl (C=O) groups excluding carboxylic acids is 1. The van der Waals surface area contributed by atoms with E-state index in [-0.39, 0.29) is 17.0 Å². The van der Waals surface area contributed by atoms with Gasteiger partial charge in [0.1, 0.15) is 23.5 Å². The van der Waals surface area contributed by atoms with Gasteiger partial charge in [0, 0.05) is 29.0 Å². The summed E-state index contributed by atoms with van der Waals surface area (Å²) in [5.74, 6) is -0.0701. The van der Waals surface area contributed by atoms with Crippen molar-refractivity contribution in [1.29, 1.82) is 0 Å². The van der Waals surface area contributed by atoms with Crippen LogP contribution in [0.1, 0.15) is 80.2 Å². The van der Waals surface area contributed by atoms with Crippen LogP contribution < -0.4 is 10.5 Å². The Balaban J connectivity index is 1.01. The lowest BCUT2D eigenvalue weighted by atomic mass is 9.87. The molecule has 8 rings (SSSR count). The molecule has 4 atom stereocenters. The smallest absolute Gasteiger partial charge is 0.335 e. The van der Waals surface area contributed by atoms with Gasteiger partial charge in [0.2, 0.25) is 5.91 Å². The second-order valence-electron chi connectivity index (χ2n) is 13.1. The molecular formula is C36H36FN4O5Si. The van der Waals surface area contributed by atoms with Gasteiger partial charge >= 0.3 is 5.97 Å². The van der Waals surface area contributed by atoms with E-state index >= 15 is 0 Å². The number of para-hydroxylation sites is 1. The number of halogens is 1. The molecule has 1 amide bonds. The highest BCUT2D eigenvalue weighted by atomic mass is 28.3. The van der Waals surface area contributed by atoms with Gasteiger partial charge in [-0.05, 0) is 85.8 Å². The van der Waals surface area contributed by atoms with E-state index in [2.05, 4.69) is 22.1 Å². The van der Waals surface area contributed by atoms with Gasteiger partial charge in [-0.1, -0.05) is 36.9 Å². The van der Waals surface area contributed by atoms with Crippen LogP contribution >= 0.6 is 0 Å². The molecule has 241 valence electrons. The highest BCUT2D eigenvalue weighted by molar-refractivity contribution is 6.72. The molecule has 0 spiro atoms. The summed E-state index contributed by atoms with van der Waals surface area (Å²) >= 11 is 0. The molecule has 4 aliphatic rings. The first-order valence-electron chi connectivity index (χ1n) is 16.3. The number of carboxylic acid groups (broad SMARTS) is 1. The number of nitrogens with zero attached hydrogens (tertiary/aromatic N) is 3. The molecule has 1 radical (unpaired) electrons. The number of fused-ring (bicyclic) bond motifs is 2. The predicted molar refractivity (Wildman–Crippen MR) is 176 cm³/mol. The van der Waals surface area contributed by atoms with E-state index in [4.69, 9.17) is 20.2 Å². The number of rotatable bonds is 8. The van der Waals surface area contributed by atoms with Crippen molar-refractivity contribution in [3.63, 3.8) is 0 Å². The summed E-state index contributed by atoms with van der Waals surface area (Å²) in [7, 11) is -0.691. The van der Waals surface area contributed by atoms with Crippen molar-refractivity contribution in [2.45, 2.75) is 61.7 Å². The molecule has 0 bridgehead atoms. The molecule has 2 unspecified atom stereocenters. The largest absolute Gasteiger partial charge is 0.481 e. The van der Waals surface area contributed by atoms with Crippen LogP contribution in [0.15, 0.2) is 60.7 Å². The first-order valence-corrected chi connectivity index (χ1v) is 18.4. The van der Waals surface area contributed by atoms with Crippen molar-refractivity contribution in [3.05, 3.63) is 100 Å². The number of carboxylic acids is 1. The summed E-state index contributed by atoms with van der Waals surface area (Å²) in [4.78, 5) is 30.9. The molecule has 47 heavy (non-hydrogen) atoms. The molecule has 5 heterocycles. The monoisotopic (exact) mass is 651 g/mol. The summed E-state index contributed by atoms with van der Waals surface area (Å²) in [6.07, 6.45) is 6.48. The lowest BCUT2D eigenvalue weighted by Crippen LogP contribution is -2.33. The van der Waals surface area contributed by atoms with Crippen molar-refractivity contribution in [2.75, 3.05) is 19.7 Å². The molecule has 9 nitrogen and oxygen atoms in total. The lowest BCUT2D eigenvalue weighted by Gasteiger charge is -2.34. The third kappa shape index (κ3) is 5.36. The van der Waals surface area contributed by atoms with E-state index in [9.17, 15) is 19.1 Å². The standard InChI is InChI=1S/C36H36FN4O5Si/c1-47-33(30-13-16-45-30)35(47)41-28-18-23(36(43)44)6-9-27(28)39-31(41)19-40-14-11-20(12-15-40)24-4-2-3-21-7-10-29(46-32(21)24)25-8-5-22(34(38)42)17-26(25)37/h2-10,17-18,20,29-30,33,35H,11-16,19H2,1H3,(H2,38,42)(H,43,44)/t29-,30?,33?,35-/m1/s1. The summed E-state index contributed by atoms with van der Waals surface area (Å²) in [5, 5.41) is 9.71. The molecule has 3 aromatic carbocycles. The molecule has 3 N–H and O–H groups in total. The number of aromatic nitrogens is 2. The van der Waals surface area contributed by atoms with Crippen LogP contribution in [0.2, 0.25) is 12.1 Å². The van der Waals surface area contributed by atoms with Crippen LogP contribution in [0.3, 0.4) is 0 Å². The predicted octanol–water partition coefficient (Wildman–Crippen LogP) is 5.88. The molecular weight excluding hydrogens is 616 g/mol. The fraction of sp³-hybridized carbons (Fsp3) is 0.361. The number of ether oxygens (including phenoxy) is 2. The van der Waals surface area contributed by atoms with Crippen molar-refractivity contribution < 1.29 is 28.6 Å². The number of imidazole rings is 1. The van der Waals surface area contributed by atoms with Gasteiger partial charge < -0.3 is 24.9 Å². The minimum atomic E-state index is -0.931. The number of piperidine rings is 1. The minimum Gasteiger partial charge on any atom is -0.481 e. The first kappa shape index (κ1) is 30.0. The Morgan fingerprint density at radius 1 is 1.06 bits per heavy atom. The van der Waals surface area contributed by atoms with Crippen molar-refractivity contribution >= 4 is 37.8 Å². The molecule has 4 aromatic rings. The molecule has 3 saturated heterocycles. The summed E-state index contributed by atoms with van der Waals surface area (Å²) in [6.45, 7) is 5.64. The summed E-state index contributed by atoms with van der Waals surface area (Å²) < 4.78 is 29.7. The maximum atomic E-state index is 15.0. The topological polar surface area (TPSA) is 120 Å². The third-order valence-electron chi connectivity index (χ3n) is 10.4. The zero-order chi connectivity index (χ0) is 32.4. The molecule has 3 fully saturated rings. The Kier molecular flexibility index (Phi) is 7.50. The quantitative estimate of drug-likeness (QED) is 0.229. The summed E-state index contributed by atoms with van der Waals surface area (Å²) in [5.41, 5.74) is 10.8. The minimum absolute atomic E-state index is 0.125. The Morgan fingerprint density at radius 3 is 2.55 bits per heavy atom. The fourth-order valence-electron chi connectivity index (χ4n) is 7.69. The Labute approximate surface area is 273 Å². The third-order valence-corrected chi connectivity index (χ3v) is 13.3. The lowest BCUT2D eigenvalue weighted by molar-refractivity contribution is -0.0496. The fourth-order valence-corrected chi connectivity index (χ4v) is 10.9. The van der Waals surface area contributed by atoms with E-state index in [1.165, 1.54) is 6.07 Å². The molecule has 0 aliphatic carbocycles. The second-order valence-corrected chi connectivity index (χ2v) is 15.9. The molecule has 0 saturated carbocycles. The van der Waals surface area contributed by atoms with Gasteiger partial charge in [0.05, 0.1) is 38.0 Å². The summed E-state index contributed by atoms with van der Waals surface area (Å²) in [6, 6.07) is 15.7. The average Bonchev–Trinajstić information content (AvgIpc) is 3.53. The number of benzene rings is 3. The van der Waals surface area contributed by atoms with Gasteiger partial charge in [-0.2, -0.15) is 0 Å². The zero-order valence-electron chi connectivity index (χ0n) is 26.1. The van der Waals surface area contributed by atoms with E-state index in [1.807, 2.05) is 30.4 Å². The average molecular weight is 652 g/mol. The number of amides is 1. The zero-order valence-corrected chi connectivity index (χ0v) is 27.1. The normalized spacial score (nSPS) is 24.5. The van der Waals surface area contributed by atoms with Crippen LogP contribution in [0.4, 0.5) is 4.39 Å². The first-order chi connectivity index (χ1) is 22.8. The maximum absolute atomic E-state index is 15.0. The molecule has 1 aromatic heterocycles. The number of primary amides is 1. The number of carbonyl (C=O) groups is 2. The van der Waals surface area contributed by atoms with Crippen LogP contribution in [0.25, 0.3) is 17.1 Å². The van der Waals surface area contributed by atoms with Crippen molar-refractivity contribution in [2.24, 2.45) is 5.73 Å². The van der Waals surface area contributed by atoms with Gasteiger partial charge in [-0.25, -0.2) is 14.2 Å². The van der Waals surface area contributed by atoms with E-state index < -0.39 is 32.6 Å². The molecule has 4 aliphatic heterocycles. The van der Waals surface area contributed by atoms with Crippen molar-refractivity contribution in [3.8, 4) is 5.75 Å². The number of nitrogens with two attached hydrogens (primary N) is 1. The SMILES string of the molecule is C[Si]1C(C2CCO2)[C@@H]1n1c(CN2CCC(c3cccc4c3O[C@@H](c3ccc(C(N)=O)cc3F)C=C4)CC2)nc2ccc(C(=O)O)cc21. The highest BCUT2D eigenvalue weighted by Gasteiger charge is 2.56. The maximum Gasteiger partial charge on any atom is 0.335 e. The van der Waals surface area contributed by atoms with Crippen LogP contribution in [0, 0.1) is 5.82 Å². The van der Waals surface area contributed by atoms with Crippen molar-refractivity contribution in [1.82, 2.24) is 14.5 Å². The van der Waals surface area contributed by atoms with E-state index in [0.29, 0.717) is 29.4 Å². The van der Waals surface area contributed by atoms with E-state index in [0.717, 1.165) is 78.8 Å². The van der Waals surface area contributed by atoms with Crippen LogP contribution in [0.5, 0.6) is 5.75 Å². The van der Waals surface area contributed by atoms with E-state index in [1.54, 1.807) is 18.2 Å². The van der Waals surface area contributed by atoms with Gasteiger partial charge in [-0.15, -0.1) is 0 Å². The number of hydrogen-bond donors (Lipinski definition) is 2. The van der Waals surface area contributed by atoms with Gasteiger partial charge in [0.25, 0.3) is 0 Å².